The van der Waals surface area contributed by atoms with Gasteiger partial charge in [-0.3, -0.25) is 9.59 Å². The predicted octanol–water partition coefficient (Wildman–Crippen LogP) is -0.0989. The number of hydrogen-bond acceptors (Lipinski definition) is 3. The maximum Gasteiger partial charge on any atom is 0.224 e. The van der Waals surface area contributed by atoms with Crippen molar-refractivity contribution in [1.29, 1.82) is 0 Å². The van der Waals surface area contributed by atoms with E-state index in [0.29, 0.717) is 6.42 Å². The van der Waals surface area contributed by atoms with Crippen LogP contribution in [0.1, 0.15) is 13.3 Å². The minimum Gasteiger partial charge on any atom is -0.524 e. The maximum atomic E-state index is 10.8. The van der Waals surface area contributed by atoms with Crippen LogP contribution in [-0.4, -0.2) is 23.3 Å². The van der Waals surface area contributed by atoms with Gasteiger partial charge in [0.1, 0.15) is 0 Å². The Morgan fingerprint density at radius 1 is 1.90 bits per heavy atom. The molecule has 1 aliphatic rings. The van der Waals surface area contributed by atoms with Crippen molar-refractivity contribution in [1.82, 2.24) is 4.90 Å². The maximum absolute atomic E-state index is 10.8. The summed E-state index contributed by atoms with van der Waals surface area (Å²) in [7, 11) is 0. The van der Waals surface area contributed by atoms with Gasteiger partial charge in [-0.25, -0.2) is 0 Å². The molecule has 0 unspecified atom stereocenters. The first-order valence-electron chi connectivity index (χ1n) is 3.05. The molecule has 2 amide bonds. The fourth-order valence-electron chi connectivity index (χ4n) is 0.680. The van der Waals surface area contributed by atoms with Crippen molar-refractivity contribution in [3.8, 4) is 0 Å². The number of nitrogens with zero attached hydrogens (tertiary/aromatic N) is 1. The Kier molecular flexibility index (Phi) is 2.01. The molecule has 0 aliphatic carbocycles. The van der Waals surface area contributed by atoms with Gasteiger partial charge in [-0.15, -0.1) is 6.73 Å². The van der Waals surface area contributed by atoms with Gasteiger partial charge in [0.2, 0.25) is 11.8 Å². The van der Waals surface area contributed by atoms with Gasteiger partial charge < -0.3 is 9.64 Å². The van der Waals surface area contributed by atoms with Crippen LogP contribution in [0.5, 0.6) is 0 Å². The highest BCUT2D eigenvalue weighted by Gasteiger charge is 2.16. The van der Waals surface area contributed by atoms with E-state index in [-0.39, 0.29) is 18.4 Å². The summed E-state index contributed by atoms with van der Waals surface area (Å²) < 4.78 is 4.62. The fourth-order valence-corrected chi connectivity index (χ4v) is 0.680. The van der Waals surface area contributed by atoms with Gasteiger partial charge in [0.05, 0.1) is 6.61 Å². The van der Waals surface area contributed by atoms with Crippen molar-refractivity contribution in [2.24, 2.45) is 0 Å². The molecule has 1 fully saturated rings. The van der Waals surface area contributed by atoms with Gasteiger partial charge in [0.15, 0.2) is 0 Å². The molecule has 4 heteroatoms. The molecular formula is C6H8NO3-. The summed E-state index contributed by atoms with van der Waals surface area (Å²) in [5.41, 5.74) is 0. The van der Waals surface area contributed by atoms with Crippen molar-refractivity contribution >= 4 is 11.8 Å². The third kappa shape index (κ3) is 1.16. The fraction of sp³-hybridized carbons (Fsp3) is 0.500. The second-order valence-corrected chi connectivity index (χ2v) is 1.93. The van der Waals surface area contributed by atoms with E-state index >= 15 is 0 Å². The van der Waals surface area contributed by atoms with E-state index in [1.165, 1.54) is 0 Å². The zero-order valence-corrected chi connectivity index (χ0v) is 5.66. The van der Waals surface area contributed by atoms with E-state index in [9.17, 15) is 9.59 Å². The molecule has 1 aliphatic heterocycles. The summed E-state index contributed by atoms with van der Waals surface area (Å²) >= 11 is 0. The molecule has 4 nitrogen and oxygen atoms in total. The van der Waals surface area contributed by atoms with Gasteiger partial charge in [-0.2, -0.15) is 0 Å². The minimum atomic E-state index is -0.285. The molecule has 0 radical (unpaired) electrons. The lowest BCUT2D eigenvalue weighted by molar-refractivity contribution is -0.139. The molecule has 1 rings (SSSR count). The highest BCUT2D eigenvalue weighted by Crippen LogP contribution is 2.06. The first-order chi connectivity index (χ1) is 4.75. The Hall–Kier alpha value is -0.900. The number of rotatable bonds is 1. The SMILES string of the molecule is CCC(=O)N1[CH-]OCC1=O. The van der Waals surface area contributed by atoms with Crippen molar-refractivity contribution in [3.63, 3.8) is 0 Å². The van der Waals surface area contributed by atoms with Crippen molar-refractivity contribution in [3.05, 3.63) is 6.73 Å². The first-order valence-corrected chi connectivity index (χ1v) is 3.05. The van der Waals surface area contributed by atoms with Gasteiger partial charge >= 0.3 is 0 Å². The summed E-state index contributed by atoms with van der Waals surface area (Å²) in [5.74, 6) is -0.505. The second kappa shape index (κ2) is 2.79. The smallest absolute Gasteiger partial charge is 0.224 e. The molecule has 10 heavy (non-hydrogen) atoms. The number of imide groups is 1. The van der Waals surface area contributed by atoms with Crippen LogP contribution in [0, 0.1) is 6.73 Å². The molecule has 0 atom stereocenters. The highest BCUT2D eigenvalue weighted by atomic mass is 16.5. The van der Waals surface area contributed by atoms with Crippen LogP contribution < -0.4 is 0 Å². The minimum absolute atomic E-state index is 0.00819. The Morgan fingerprint density at radius 3 is 3.00 bits per heavy atom. The lowest BCUT2D eigenvalue weighted by atomic mass is 10.4. The van der Waals surface area contributed by atoms with Gasteiger partial charge in [0.25, 0.3) is 0 Å². The van der Waals surface area contributed by atoms with E-state index in [1.807, 2.05) is 0 Å². The van der Waals surface area contributed by atoms with E-state index < -0.39 is 0 Å². The van der Waals surface area contributed by atoms with Crippen LogP contribution in [0.25, 0.3) is 0 Å². The summed E-state index contributed by atoms with van der Waals surface area (Å²) in [6, 6.07) is 0. The van der Waals surface area contributed by atoms with Crippen LogP contribution in [0.15, 0.2) is 0 Å². The van der Waals surface area contributed by atoms with Crippen LogP contribution >= 0.6 is 0 Å². The normalized spacial score (nSPS) is 18.1. The van der Waals surface area contributed by atoms with Gasteiger partial charge in [-0.05, 0) is 0 Å². The summed E-state index contributed by atoms with van der Waals surface area (Å²) in [5, 5.41) is 0. The van der Waals surface area contributed by atoms with Crippen LogP contribution in [-0.2, 0) is 14.3 Å². The Bertz CT molecular complexity index is 166. The summed E-state index contributed by atoms with van der Waals surface area (Å²) in [6.07, 6.45) is 0.325. The topological polar surface area (TPSA) is 46.6 Å². The predicted molar refractivity (Wildman–Crippen MR) is 32.4 cm³/mol. The monoisotopic (exact) mass is 142 g/mol. The zero-order chi connectivity index (χ0) is 7.56. The van der Waals surface area contributed by atoms with Gasteiger partial charge in [0, 0.05) is 6.42 Å². The van der Waals surface area contributed by atoms with Crippen molar-refractivity contribution < 1.29 is 14.3 Å². The zero-order valence-electron chi connectivity index (χ0n) is 5.66. The largest absolute Gasteiger partial charge is 0.524 e. The Balaban J connectivity index is 2.55. The summed E-state index contributed by atoms with van der Waals surface area (Å²) in [6.45, 7) is 2.85. The van der Waals surface area contributed by atoms with E-state index in [0.717, 1.165) is 11.6 Å². The van der Waals surface area contributed by atoms with Crippen molar-refractivity contribution in [2.45, 2.75) is 13.3 Å². The van der Waals surface area contributed by atoms with E-state index in [2.05, 4.69) is 4.74 Å². The third-order valence-electron chi connectivity index (χ3n) is 1.23. The number of ether oxygens (including phenoxy) is 1. The number of carbonyl (C=O) groups excluding carboxylic acids is 2. The lowest BCUT2D eigenvalue weighted by Crippen LogP contribution is -2.29. The highest BCUT2D eigenvalue weighted by molar-refractivity contribution is 5.97. The number of amides is 2. The molecule has 0 spiro atoms. The molecule has 1 saturated heterocycles. The molecule has 0 aromatic carbocycles. The molecule has 56 valence electrons. The molecule has 0 saturated carbocycles. The molecule has 0 N–H and O–H groups in total. The quantitative estimate of drug-likeness (QED) is 0.480. The summed E-state index contributed by atoms with van der Waals surface area (Å²) in [4.78, 5) is 22.5. The van der Waals surface area contributed by atoms with Gasteiger partial charge in [-0.1, -0.05) is 6.92 Å². The average molecular weight is 142 g/mol. The standard InChI is InChI=1S/C6H8NO3/c1-2-5(8)7-4-10-3-6(7)9/h4H,2-3H2,1H3/q-1. The van der Waals surface area contributed by atoms with Crippen LogP contribution in [0.2, 0.25) is 0 Å². The van der Waals surface area contributed by atoms with E-state index in [4.69, 9.17) is 0 Å². The second-order valence-electron chi connectivity index (χ2n) is 1.93. The first kappa shape index (κ1) is 7.21. The van der Waals surface area contributed by atoms with Crippen LogP contribution in [0.4, 0.5) is 0 Å². The average Bonchev–Trinajstić information content (AvgIpc) is 2.34. The number of hydrogen-bond donors (Lipinski definition) is 0. The molecular weight excluding hydrogens is 134 g/mol. The molecule has 0 bridgehead atoms. The van der Waals surface area contributed by atoms with Crippen molar-refractivity contribution in [2.75, 3.05) is 6.61 Å². The molecule has 0 aromatic rings. The number of carbonyl (C=O) groups is 2. The Morgan fingerprint density at radius 2 is 2.60 bits per heavy atom. The molecule has 1 heterocycles. The Labute approximate surface area is 58.8 Å². The lowest BCUT2D eigenvalue weighted by Gasteiger charge is -2.19. The van der Waals surface area contributed by atoms with E-state index in [1.54, 1.807) is 6.92 Å². The third-order valence-corrected chi connectivity index (χ3v) is 1.23. The molecule has 0 aromatic heterocycles. The van der Waals surface area contributed by atoms with Crippen LogP contribution in [0.3, 0.4) is 0 Å².